The summed E-state index contributed by atoms with van der Waals surface area (Å²) in [5, 5.41) is 2.57. The molecule has 3 aromatic carbocycles. The van der Waals surface area contributed by atoms with E-state index in [9.17, 15) is 18.0 Å². The summed E-state index contributed by atoms with van der Waals surface area (Å²) in [6.45, 7) is 5.49. The van der Waals surface area contributed by atoms with Gasteiger partial charge in [0.2, 0.25) is 11.8 Å². The highest BCUT2D eigenvalue weighted by Crippen LogP contribution is 2.26. The Hall–Kier alpha value is -3.85. The Labute approximate surface area is 218 Å². The maximum atomic E-state index is 13.8. The average molecular weight is 524 g/mol. The summed E-state index contributed by atoms with van der Waals surface area (Å²) < 4.78 is 34.1. The molecule has 37 heavy (non-hydrogen) atoms. The highest BCUT2D eigenvalue weighted by atomic mass is 32.2. The number of sulfonamides is 1. The molecule has 9 heteroatoms. The first-order chi connectivity index (χ1) is 17.7. The number of carbonyl (C=O) groups is 2. The fraction of sp³-hybridized carbons (Fsp3) is 0.286. The summed E-state index contributed by atoms with van der Waals surface area (Å²) in [5.41, 5.74) is 2.12. The van der Waals surface area contributed by atoms with Crippen LogP contribution in [0.2, 0.25) is 0 Å². The summed E-state index contributed by atoms with van der Waals surface area (Å²) in [7, 11) is -2.62. The molecule has 3 aromatic rings. The monoisotopic (exact) mass is 523 g/mol. The van der Waals surface area contributed by atoms with E-state index in [0.29, 0.717) is 18.0 Å². The zero-order chi connectivity index (χ0) is 27.0. The molecule has 0 bridgehead atoms. The van der Waals surface area contributed by atoms with Crippen LogP contribution in [0.5, 0.6) is 5.75 Å². The van der Waals surface area contributed by atoms with Crippen LogP contribution in [0, 0.1) is 6.92 Å². The highest BCUT2D eigenvalue weighted by molar-refractivity contribution is 7.92. The van der Waals surface area contributed by atoms with Crippen molar-refractivity contribution in [2.45, 2.75) is 38.3 Å². The summed E-state index contributed by atoms with van der Waals surface area (Å²) in [5.74, 6) is -0.302. The smallest absolute Gasteiger partial charge is 0.264 e. The molecule has 0 aliphatic heterocycles. The lowest BCUT2D eigenvalue weighted by Crippen LogP contribution is -2.50. The van der Waals surface area contributed by atoms with Crippen LogP contribution in [-0.2, 0) is 26.2 Å². The van der Waals surface area contributed by atoms with Crippen molar-refractivity contribution in [1.82, 2.24) is 10.2 Å². The number of ether oxygens (including phenoxy) is 1. The average Bonchev–Trinajstić information content (AvgIpc) is 2.91. The SMILES string of the molecule is CCOc1ccc(S(=O)(=O)N(CC(=O)N(Cc2ccccc2)[C@@H](C)C(=O)NC)c2ccc(C)cc2)cc1. The van der Waals surface area contributed by atoms with Gasteiger partial charge in [-0.1, -0.05) is 48.0 Å². The summed E-state index contributed by atoms with van der Waals surface area (Å²) in [6.07, 6.45) is 0. The number of anilines is 1. The lowest BCUT2D eigenvalue weighted by molar-refractivity contribution is -0.139. The van der Waals surface area contributed by atoms with Gasteiger partial charge < -0.3 is 15.0 Å². The van der Waals surface area contributed by atoms with Gasteiger partial charge in [0, 0.05) is 13.6 Å². The number of likely N-dealkylation sites (N-methyl/N-ethyl adjacent to an activating group) is 1. The van der Waals surface area contributed by atoms with Gasteiger partial charge in [0.25, 0.3) is 10.0 Å². The molecule has 196 valence electrons. The van der Waals surface area contributed by atoms with Crippen molar-refractivity contribution in [2.24, 2.45) is 0 Å². The normalized spacial score (nSPS) is 11.9. The molecule has 0 aliphatic rings. The van der Waals surface area contributed by atoms with Crippen molar-refractivity contribution in [3.8, 4) is 5.75 Å². The van der Waals surface area contributed by atoms with Crippen LogP contribution in [0.15, 0.2) is 83.8 Å². The second-order valence-electron chi connectivity index (χ2n) is 8.55. The molecular weight excluding hydrogens is 490 g/mol. The number of nitrogens with one attached hydrogen (secondary N) is 1. The Balaban J connectivity index is 2.00. The molecule has 0 unspecified atom stereocenters. The van der Waals surface area contributed by atoms with Gasteiger partial charge >= 0.3 is 0 Å². The molecule has 0 aliphatic carbocycles. The van der Waals surface area contributed by atoms with E-state index in [-0.39, 0.29) is 17.3 Å². The highest BCUT2D eigenvalue weighted by Gasteiger charge is 2.32. The molecule has 0 heterocycles. The van der Waals surface area contributed by atoms with Crippen molar-refractivity contribution in [3.63, 3.8) is 0 Å². The van der Waals surface area contributed by atoms with Gasteiger partial charge in [-0.05, 0) is 62.7 Å². The third kappa shape index (κ3) is 6.89. The molecule has 0 fully saturated rings. The van der Waals surface area contributed by atoms with Crippen molar-refractivity contribution in [1.29, 1.82) is 0 Å². The molecule has 0 aromatic heterocycles. The van der Waals surface area contributed by atoms with Gasteiger partial charge in [-0.25, -0.2) is 8.42 Å². The molecule has 1 atom stereocenters. The Kier molecular flexibility index (Phi) is 9.30. The topological polar surface area (TPSA) is 96.0 Å². The molecule has 2 amide bonds. The zero-order valence-corrected chi connectivity index (χ0v) is 22.4. The second-order valence-corrected chi connectivity index (χ2v) is 10.4. The first-order valence-electron chi connectivity index (χ1n) is 12.0. The van der Waals surface area contributed by atoms with Crippen molar-refractivity contribution >= 4 is 27.5 Å². The lowest BCUT2D eigenvalue weighted by Gasteiger charge is -2.31. The number of hydrogen-bond donors (Lipinski definition) is 1. The number of hydrogen-bond acceptors (Lipinski definition) is 5. The molecule has 0 saturated carbocycles. The van der Waals surface area contributed by atoms with E-state index in [2.05, 4.69) is 5.32 Å². The van der Waals surface area contributed by atoms with Crippen molar-refractivity contribution in [2.75, 3.05) is 24.5 Å². The predicted molar refractivity (Wildman–Crippen MR) is 144 cm³/mol. The Morgan fingerprint density at radius 2 is 1.57 bits per heavy atom. The van der Waals surface area contributed by atoms with Crippen LogP contribution in [-0.4, -0.2) is 51.4 Å². The number of rotatable bonds is 11. The van der Waals surface area contributed by atoms with E-state index >= 15 is 0 Å². The first kappa shape index (κ1) is 27.7. The molecule has 3 rings (SSSR count). The Morgan fingerprint density at radius 1 is 0.946 bits per heavy atom. The molecule has 1 N–H and O–H groups in total. The predicted octanol–water partition coefficient (Wildman–Crippen LogP) is 3.75. The largest absolute Gasteiger partial charge is 0.494 e. The number of benzene rings is 3. The minimum Gasteiger partial charge on any atom is -0.494 e. The number of nitrogens with zero attached hydrogens (tertiary/aromatic N) is 2. The van der Waals surface area contributed by atoms with E-state index < -0.39 is 28.5 Å². The molecule has 8 nitrogen and oxygen atoms in total. The maximum absolute atomic E-state index is 13.8. The van der Waals surface area contributed by atoms with Crippen molar-refractivity contribution < 1.29 is 22.7 Å². The van der Waals surface area contributed by atoms with Gasteiger partial charge in [0.1, 0.15) is 18.3 Å². The van der Waals surface area contributed by atoms with Gasteiger partial charge in [0.05, 0.1) is 17.2 Å². The Morgan fingerprint density at radius 3 is 2.14 bits per heavy atom. The second kappa shape index (κ2) is 12.4. The molecule has 0 radical (unpaired) electrons. The number of carbonyl (C=O) groups excluding carboxylic acids is 2. The van der Waals surface area contributed by atoms with Crippen LogP contribution in [0.1, 0.15) is 25.0 Å². The van der Waals surface area contributed by atoms with Gasteiger partial charge in [-0.15, -0.1) is 0 Å². The van der Waals surface area contributed by atoms with E-state index in [0.717, 1.165) is 15.4 Å². The number of aryl methyl sites for hydroxylation is 1. The summed E-state index contributed by atoms with van der Waals surface area (Å²) >= 11 is 0. The number of amides is 2. The molecule has 0 saturated heterocycles. The summed E-state index contributed by atoms with van der Waals surface area (Å²) in [4.78, 5) is 27.6. The quantitative estimate of drug-likeness (QED) is 0.413. The van der Waals surface area contributed by atoms with Crippen LogP contribution in [0.4, 0.5) is 5.69 Å². The lowest BCUT2D eigenvalue weighted by atomic mass is 10.1. The molecule has 0 spiro atoms. The minimum absolute atomic E-state index is 0.0262. The van der Waals surface area contributed by atoms with Crippen molar-refractivity contribution in [3.05, 3.63) is 90.0 Å². The van der Waals surface area contributed by atoms with Crippen LogP contribution >= 0.6 is 0 Å². The van der Waals surface area contributed by atoms with Gasteiger partial charge in [-0.3, -0.25) is 13.9 Å². The van der Waals surface area contributed by atoms with E-state index in [1.165, 1.54) is 24.1 Å². The van der Waals surface area contributed by atoms with Gasteiger partial charge in [0.15, 0.2) is 0 Å². The van der Waals surface area contributed by atoms with E-state index in [1.54, 1.807) is 43.3 Å². The fourth-order valence-corrected chi connectivity index (χ4v) is 5.23. The van der Waals surface area contributed by atoms with Gasteiger partial charge in [-0.2, -0.15) is 0 Å². The standard InChI is InChI=1S/C28H33N3O5S/c1-5-36-25-15-17-26(18-16-25)37(34,35)31(24-13-11-21(2)12-14-24)20-27(32)30(22(3)28(33)29-4)19-23-9-7-6-8-10-23/h6-18,22H,5,19-20H2,1-4H3,(H,29,33)/t22-/m0/s1. The van der Waals surface area contributed by atoms with Crippen LogP contribution in [0.3, 0.4) is 0 Å². The Bertz CT molecular complexity index is 1290. The fourth-order valence-electron chi connectivity index (χ4n) is 3.81. The van der Waals surface area contributed by atoms with Crippen LogP contribution < -0.4 is 14.4 Å². The summed E-state index contributed by atoms with van der Waals surface area (Å²) in [6, 6.07) is 21.4. The first-order valence-corrected chi connectivity index (χ1v) is 13.5. The van der Waals surface area contributed by atoms with Crippen LogP contribution in [0.25, 0.3) is 0 Å². The van der Waals surface area contributed by atoms with E-state index in [4.69, 9.17) is 4.74 Å². The maximum Gasteiger partial charge on any atom is 0.264 e. The third-order valence-corrected chi connectivity index (χ3v) is 7.72. The zero-order valence-electron chi connectivity index (χ0n) is 21.5. The van der Waals surface area contributed by atoms with E-state index in [1.807, 2.05) is 44.2 Å². The third-order valence-electron chi connectivity index (χ3n) is 5.93. The molecular formula is C28H33N3O5S. The minimum atomic E-state index is -4.12.